The van der Waals surface area contributed by atoms with Crippen LogP contribution in [0.5, 0.6) is 0 Å². The van der Waals surface area contributed by atoms with Crippen molar-refractivity contribution in [2.24, 2.45) is 0 Å². The molecule has 0 aromatic carbocycles. The van der Waals surface area contributed by atoms with E-state index in [1.54, 1.807) is 0 Å². The van der Waals surface area contributed by atoms with E-state index in [0.717, 1.165) is 0 Å². The van der Waals surface area contributed by atoms with Gasteiger partial charge in [0.1, 0.15) is 0 Å². The molecule has 0 heterocycles. The molecule has 0 aliphatic heterocycles. The topological polar surface area (TPSA) is 9.23 Å². The first-order valence-electron chi connectivity index (χ1n) is 6.59. The second-order valence-corrected chi connectivity index (χ2v) is 5.18. The summed E-state index contributed by atoms with van der Waals surface area (Å²) in [6.07, 6.45) is 11.7. The summed E-state index contributed by atoms with van der Waals surface area (Å²) in [6.45, 7) is 6.81. The van der Waals surface area contributed by atoms with Crippen molar-refractivity contribution in [3.63, 3.8) is 0 Å². The summed E-state index contributed by atoms with van der Waals surface area (Å²) < 4.78 is 5.93. The predicted octanol–water partition coefficient (Wildman–Crippen LogP) is 4.40. The number of rotatable bonds is 10. The van der Waals surface area contributed by atoms with Crippen molar-refractivity contribution in [1.82, 2.24) is 0 Å². The summed E-state index contributed by atoms with van der Waals surface area (Å²) in [4.78, 5) is 0. The van der Waals surface area contributed by atoms with E-state index >= 15 is 0 Å². The van der Waals surface area contributed by atoms with Gasteiger partial charge in [0.25, 0.3) is 0 Å². The first kappa shape index (κ1) is 15.8. The molecule has 0 spiro atoms. The van der Waals surface area contributed by atoms with Crippen LogP contribution < -0.4 is 0 Å². The standard InChI is InChI=1S/C13H27O.Sn/c1-4-7-10-13(14,11-8-5-2)12-9-6-3;/h4-12H2,1-3H3;/q-1;+1. The summed E-state index contributed by atoms with van der Waals surface area (Å²) in [5.41, 5.74) is 0.236. The Morgan fingerprint density at radius 2 is 1.13 bits per heavy atom. The van der Waals surface area contributed by atoms with Crippen molar-refractivity contribution in [3.05, 3.63) is 0 Å². The van der Waals surface area contributed by atoms with Crippen LogP contribution in [0.1, 0.15) is 78.6 Å². The fraction of sp³-hybridized carbons (Fsp3) is 1.00. The summed E-state index contributed by atoms with van der Waals surface area (Å²) in [5, 5.41) is 0. The zero-order valence-corrected chi connectivity index (χ0v) is 13.6. The fourth-order valence-electron chi connectivity index (χ4n) is 2.02. The molecule has 0 aromatic rings. The van der Waals surface area contributed by atoms with E-state index in [-0.39, 0.29) is 5.60 Å². The Balaban J connectivity index is 4.16. The molecule has 0 amide bonds. The van der Waals surface area contributed by atoms with Crippen molar-refractivity contribution < 1.29 is 3.07 Å². The maximum absolute atomic E-state index is 5.93. The third-order valence-electron chi connectivity index (χ3n) is 3.17. The van der Waals surface area contributed by atoms with E-state index in [1.807, 2.05) is 0 Å². The normalized spacial score (nSPS) is 12.0. The minimum absolute atomic E-state index is 0.236. The zero-order valence-electron chi connectivity index (χ0n) is 10.8. The molecule has 0 rings (SSSR count). The molecule has 1 nitrogen and oxygen atoms in total. The molecule has 0 bridgehead atoms. The van der Waals surface area contributed by atoms with Gasteiger partial charge in [0.05, 0.1) is 0 Å². The van der Waals surface area contributed by atoms with Gasteiger partial charge in [0, 0.05) is 0 Å². The van der Waals surface area contributed by atoms with Gasteiger partial charge in [0.2, 0.25) is 0 Å². The van der Waals surface area contributed by atoms with Gasteiger partial charge in [-0.2, -0.15) is 0 Å². The van der Waals surface area contributed by atoms with Gasteiger partial charge in [-0.05, 0) is 0 Å². The molecule has 0 aliphatic carbocycles. The minimum atomic E-state index is 0.236. The molecule has 0 atom stereocenters. The Bertz CT molecular complexity index is 115. The van der Waals surface area contributed by atoms with Crippen molar-refractivity contribution in [2.75, 3.05) is 0 Å². The van der Waals surface area contributed by atoms with Gasteiger partial charge >= 0.3 is 110 Å². The third-order valence-corrected chi connectivity index (χ3v) is 4.41. The first-order chi connectivity index (χ1) is 7.24. The van der Waals surface area contributed by atoms with Crippen LogP contribution in [-0.4, -0.2) is 28.5 Å². The van der Waals surface area contributed by atoms with Crippen LogP contribution in [0.15, 0.2) is 0 Å². The summed E-state index contributed by atoms with van der Waals surface area (Å²) in [7, 11) is 0. The van der Waals surface area contributed by atoms with Crippen LogP contribution in [0, 0.1) is 0 Å². The molecule has 0 aromatic heterocycles. The molecule has 89 valence electrons. The molecule has 0 saturated carbocycles. The molecule has 0 unspecified atom stereocenters. The molecular weight excluding hydrogens is 291 g/mol. The van der Waals surface area contributed by atoms with Crippen LogP contribution in [0.4, 0.5) is 0 Å². The second-order valence-electron chi connectivity index (χ2n) is 4.60. The molecule has 15 heavy (non-hydrogen) atoms. The van der Waals surface area contributed by atoms with Gasteiger partial charge in [-0.3, -0.25) is 0 Å². The van der Waals surface area contributed by atoms with E-state index in [0.29, 0.717) is 0 Å². The molecule has 0 aliphatic rings. The quantitative estimate of drug-likeness (QED) is 0.543. The summed E-state index contributed by atoms with van der Waals surface area (Å²) >= 11 is 1.25. The van der Waals surface area contributed by atoms with Crippen molar-refractivity contribution in [2.45, 2.75) is 84.2 Å². The Kier molecular flexibility index (Phi) is 10.5. The Morgan fingerprint density at radius 1 is 0.800 bits per heavy atom. The van der Waals surface area contributed by atoms with Crippen molar-refractivity contribution >= 4 is 22.9 Å². The Morgan fingerprint density at radius 3 is 1.33 bits per heavy atom. The fourth-order valence-corrected chi connectivity index (χ4v) is 2.90. The molecule has 3 radical (unpaired) electrons. The van der Waals surface area contributed by atoms with Gasteiger partial charge in [0.15, 0.2) is 0 Å². The third kappa shape index (κ3) is 6.83. The van der Waals surface area contributed by atoms with Crippen LogP contribution in [0.2, 0.25) is 0 Å². The van der Waals surface area contributed by atoms with E-state index < -0.39 is 0 Å². The Hall–Kier alpha value is 0.759. The van der Waals surface area contributed by atoms with E-state index in [9.17, 15) is 0 Å². The SMILES string of the molecule is CCCCC(CCCC)(CCCC)[O][Sn]. The predicted molar refractivity (Wildman–Crippen MR) is 68.1 cm³/mol. The molecule has 0 saturated heterocycles. The molecule has 2 heteroatoms. The monoisotopic (exact) mass is 319 g/mol. The van der Waals surface area contributed by atoms with Gasteiger partial charge in [-0.25, -0.2) is 0 Å². The number of hydrogen-bond acceptors (Lipinski definition) is 1. The number of hydrogen-bond donors (Lipinski definition) is 0. The van der Waals surface area contributed by atoms with Gasteiger partial charge < -0.3 is 0 Å². The van der Waals surface area contributed by atoms with Gasteiger partial charge in [-0.1, -0.05) is 0 Å². The van der Waals surface area contributed by atoms with Crippen LogP contribution in [0.3, 0.4) is 0 Å². The first-order valence-corrected chi connectivity index (χ1v) is 7.76. The average Bonchev–Trinajstić information content (AvgIpc) is 2.29. The van der Waals surface area contributed by atoms with Crippen molar-refractivity contribution in [1.29, 1.82) is 0 Å². The molecule has 0 N–H and O–H groups in total. The summed E-state index contributed by atoms with van der Waals surface area (Å²) in [5.74, 6) is 0. The van der Waals surface area contributed by atoms with Crippen LogP contribution >= 0.6 is 0 Å². The Labute approximate surface area is 110 Å². The van der Waals surface area contributed by atoms with E-state index in [1.165, 1.54) is 80.7 Å². The van der Waals surface area contributed by atoms with Crippen molar-refractivity contribution in [3.8, 4) is 0 Å². The molecule has 0 fully saturated rings. The maximum atomic E-state index is 5.93. The van der Waals surface area contributed by atoms with Gasteiger partial charge in [-0.15, -0.1) is 0 Å². The summed E-state index contributed by atoms with van der Waals surface area (Å²) in [6, 6.07) is 0. The second kappa shape index (κ2) is 9.95. The average molecular weight is 318 g/mol. The van der Waals surface area contributed by atoms with E-state index in [4.69, 9.17) is 3.07 Å². The van der Waals surface area contributed by atoms with Crippen LogP contribution in [0.25, 0.3) is 0 Å². The number of unbranched alkanes of at least 4 members (excludes halogenated alkanes) is 3. The van der Waals surface area contributed by atoms with Crippen LogP contribution in [-0.2, 0) is 3.07 Å². The molecular formula is C13H27OSn. The zero-order chi connectivity index (χ0) is 11.6. The van der Waals surface area contributed by atoms with E-state index in [2.05, 4.69) is 20.8 Å².